The van der Waals surface area contributed by atoms with Gasteiger partial charge < -0.3 is 5.11 Å². The van der Waals surface area contributed by atoms with Crippen LogP contribution in [0.2, 0.25) is 0 Å². The van der Waals surface area contributed by atoms with Gasteiger partial charge in [-0.05, 0) is 55.2 Å². The van der Waals surface area contributed by atoms with Crippen LogP contribution in [-0.4, -0.2) is 16.5 Å². The van der Waals surface area contributed by atoms with Crippen LogP contribution in [0.15, 0.2) is 30.4 Å². The molecule has 0 radical (unpaired) electrons. The van der Waals surface area contributed by atoms with Gasteiger partial charge in [0.15, 0.2) is 5.78 Å². The molecular weight excluding hydrogens is 236 g/mol. The summed E-state index contributed by atoms with van der Waals surface area (Å²) >= 11 is 0. The summed E-state index contributed by atoms with van der Waals surface area (Å²) in [5, 5.41) is 10.6. The van der Waals surface area contributed by atoms with Gasteiger partial charge in [-0.25, -0.2) is 0 Å². The maximum absolute atomic E-state index is 13.0. The van der Waals surface area contributed by atoms with Crippen LogP contribution < -0.4 is 0 Å². The first-order valence-electron chi connectivity index (χ1n) is 7.03. The lowest BCUT2D eigenvalue weighted by atomic mass is 9.66. The first-order chi connectivity index (χ1) is 8.98. The number of Topliss-reactive ketones (excluding diaryl/α,β-unsaturated/α-hetero) is 1. The molecule has 2 nitrogen and oxygen atoms in total. The number of aliphatic hydroxyl groups is 1. The Morgan fingerprint density at radius 1 is 1.42 bits per heavy atom. The summed E-state index contributed by atoms with van der Waals surface area (Å²) in [5.41, 5.74) is 2.90. The number of hydrogen-bond acceptors (Lipinski definition) is 2. The van der Waals surface area contributed by atoms with Gasteiger partial charge in [0, 0.05) is 11.0 Å². The fraction of sp³-hybridized carbons (Fsp3) is 0.471. The zero-order valence-corrected chi connectivity index (χ0v) is 11.2. The molecule has 3 aliphatic rings. The van der Waals surface area contributed by atoms with E-state index in [4.69, 9.17) is 0 Å². The van der Waals surface area contributed by atoms with Crippen LogP contribution in [0.5, 0.6) is 0 Å². The molecule has 98 valence electrons. The number of rotatable bonds is 0. The van der Waals surface area contributed by atoms with Crippen molar-refractivity contribution in [1.82, 2.24) is 0 Å². The Morgan fingerprint density at radius 3 is 3.00 bits per heavy atom. The topological polar surface area (TPSA) is 37.3 Å². The minimum Gasteiger partial charge on any atom is -0.385 e. The van der Waals surface area contributed by atoms with E-state index < -0.39 is 11.0 Å². The van der Waals surface area contributed by atoms with Gasteiger partial charge in [0.25, 0.3) is 0 Å². The van der Waals surface area contributed by atoms with Crippen LogP contribution in [0.3, 0.4) is 0 Å². The quantitative estimate of drug-likeness (QED) is 0.722. The molecule has 0 heterocycles. The monoisotopic (exact) mass is 254 g/mol. The fourth-order valence-corrected chi connectivity index (χ4v) is 4.74. The van der Waals surface area contributed by atoms with E-state index in [0.29, 0.717) is 12.8 Å². The molecule has 19 heavy (non-hydrogen) atoms. The highest BCUT2D eigenvalue weighted by Gasteiger charge is 2.64. The van der Waals surface area contributed by atoms with Gasteiger partial charge in [-0.3, -0.25) is 4.79 Å². The predicted molar refractivity (Wildman–Crippen MR) is 73.2 cm³/mol. The largest absolute Gasteiger partial charge is 0.385 e. The number of carbonyl (C=O) groups excluding carboxylic acids is 1. The summed E-state index contributed by atoms with van der Waals surface area (Å²) in [6.45, 7) is 6.06. The highest BCUT2D eigenvalue weighted by atomic mass is 16.3. The molecule has 1 N–H and O–H groups in total. The maximum Gasteiger partial charge on any atom is 0.170 e. The number of fused-ring (bicyclic) bond motifs is 3. The molecule has 0 aromatic heterocycles. The Bertz CT molecular complexity index is 630. The van der Waals surface area contributed by atoms with E-state index in [1.807, 2.05) is 19.1 Å². The number of aryl methyl sites for hydroxylation is 1. The summed E-state index contributed by atoms with van der Waals surface area (Å²) in [6, 6.07) is 6.16. The molecule has 0 amide bonds. The van der Waals surface area contributed by atoms with E-state index in [1.165, 1.54) is 5.56 Å². The van der Waals surface area contributed by atoms with Gasteiger partial charge in [0.2, 0.25) is 0 Å². The van der Waals surface area contributed by atoms with Crippen molar-refractivity contribution in [1.29, 1.82) is 0 Å². The smallest absolute Gasteiger partial charge is 0.170 e. The number of benzene rings is 1. The Labute approximate surface area is 113 Å². The minimum absolute atomic E-state index is 0.252. The standard InChI is InChI=1S/C17H18O2/c1-10-4-3-5-12-13-6-7-17(19)9-16(13,8-11(17)2)15(18)14(10)12/h3-5,13,19H,2,6-9H2,1H3/t13-,16+,17+/m1/s1. The van der Waals surface area contributed by atoms with E-state index in [-0.39, 0.29) is 11.7 Å². The third-order valence-electron chi connectivity index (χ3n) is 5.67. The zero-order chi connectivity index (χ0) is 13.4. The molecule has 3 aliphatic carbocycles. The van der Waals surface area contributed by atoms with Gasteiger partial charge in [-0.15, -0.1) is 0 Å². The number of ketones is 1. The second-order valence-corrected chi connectivity index (χ2v) is 6.60. The Kier molecular flexibility index (Phi) is 1.91. The minimum atomic E-state index is -0.790. The van der Waals surface area contributed by atoms with Crippen molar-refractivity contribution in [2.24, 2.45) is 5.41 Å². The van der Waals surface area contributed by atoms with E-state index in [9.17, 15) is 9.90 Å². The van der Waals surface area contributed by atoms with Crippen molar-refractivity contribution in [3.63, 3.8) is 0 Å². The average molecular weight is 254 g/mol. The molecule has 2 heteroatoms. The summed E-state index contributed by atoms with van der Waals surface area (Å²) < 4.78 is 0. The van der Waals surface area contributed by atoms with Gasteiger partial charge in [-0.2, -0.15) is 0 Å². The van der Waals surface area contributed by atoms with Crippen LogP contribution in [0.25, 0.3) is 0 Å². The van der Waals surface area contributed by atoms with Gasteiger partial charge in [0.1, 0.15) is 0 Å². The Morgan fingerprint density at radius 2 is 2.21 bits per heavy atom. The van der Waals surface area contributed by atoms with Crippen LogP contribution >= 0.6 is 0 Å². The van der Waals surface area contributed by atoms with E-state index in [1.54, 1.807) is 0 Å². The van der Waals surface area contributed by atoms with E-state index in [0.717, 1.165) is 29.5 Å². The number of hydrogen-bond donors (Lipinski definition) is 1. The SMILES string of the molecule is C=C1C[C@]23C[C@@]1(O)CC[C@@H]2c1cccc(C)c1C3=O. The molecule has 0 saturated heterocycles. The summed E-state index contributed by atoms with van der Waals surface area (Å²) in [5.74, 6) is 0.539. The normalized spacial score (nSPS) is 39.4. The third kappa shape index (κ3) is 1.14. The summed E-state index contributed by atoms with van der Waals surface area (Å²) in [4.78, 5) is 13.0. The molecular formula is C17H18O2. The van der Waals surface area contributed by atoms with Crippen LogP contribution in [0.1, 0.15) is 53.1 Å². The molecule has 1 aromatic rings. The first kappa shape index (κ1) is 11.4. The van der Waals surface area contributed by atoms with E-state index in [2.05, 4.69) is 12.6 Å². The van der Waals surface area contributed by atoms with Gasteiger partial charge in [0.05, 0.1) is 5.60 Å². The molecule has 2 fully saturated rings. The van der Waals surface area contributed by atoms with E-state index >= 15 is 0 Å². The zero-order valence-electron chi connectivity index (χ0n) is 11.2. The van der Waals surface area contributed by atoms with Crippen LogP contribution in [0, 0.1) is 12.3 Å². The average Bonchev–Trinajstić information content (AvgIpc) is 2.71. The molecule has 2 bridgehead atoms. The number of carbonyl (C=O) groups is 1. The highest BCUT2D eigenvalue weighted by Crippen LogP contribution is 2.66. The van der Waals surface area contributed by atoms with Crippen molar-refractivity contribution in [2.45, 2.75) is 44.1 Å². The third-order valence-corrected chi connectivity index (χ3v) is 5.67. The maximum atomic E-state index is 13.0. The van der Waals surface area contributed by atoms with Crippen molar-refractivity contribution in [3.8, 4) is 0 Å². The van der Waals surface area contributed by atoms with Crippen molar-refractivity contribution >= 4 is 5.78 Å². The predicted octanol–water partition coefficient (Wildman–Crippen LogP) is 3.14. The van der Waals surface area contributed by atoms with Crippen molar-refractivity contribution in [3.05, 3.63) is 47.0 Å². The van der Waals surface area contributed by atoms with Crippen molar-refractivity contribution < 1.29 is 9.90 Å². The molecule has 0 unspecified atom stereocenters. The molecule has 0 aliphatic heterocycles. The van der Waals surface area contributed by atoms with Gasteiger partial charge in [-0.1, -0.05) is 24.8 Å². The molecule has 2 saturated carbocycles. The second-order valence-electron chi connectivity index (χ2n) is 6.60. The summed E-state index contributed by atoms with van der Waals surface area (Å²) in [7, 11) is 0. The second kappa shape index (κ2) is 3.18. The lowest BCUT2D eigenvalue weighted by Gasteiger charge is -2.37. The lowest BCUT2D eigenvalue weighted by Crippen LogP contribution is -2.38. The molecule has 1 aromatic carbocycles. The Balaban J connectivity index is 1.96. The summed E-state index contributed by atoms with van der Waals surface area (Å²) in [6.07, 6.45) is 2.90. The fourth-order valence-electron chi connectivity index (χ4n) is 4.74. The molecule has 3 atom stereocenters. The van der Waals surface area contributed by atoms with Crippen LogP contribution in [-0.2, 0) is 0 Å². The van der Waals surface area contributed by atoms with Gasteiger partial charge >= 0.3 is 0 Å². The molecule has 1 spiro atoms. The first-order valence-corrected chi connectivity index (χ1v) is 7.03. The lowest BCUT2D eigenvalue weighted by molar-refractivity contribution is 0.0164. The van der Waals surface area contributed by atoms with Crippen LogP contribution in [0.4, 0.5) is 0 Å². The van der Waals surface area contributed by atoms with Crippen molar-refractivity contribution in [2.75, 3.05) is 0 Å². The molecule has 4 rings (SSSR count). The Hall–Kier alpha value is -1.41. The highest BCUT2D eigenvalue weighted by molar-refractivity contribution is 6.08.